The molecule has 0 spiro atoms. The number of rotatable bonds is 6. The molecule has 27 heavy (non-hydrogen) atoms. The first-order valence-electron chi connectivity index (χ1n) is 8.13. The zero-order chi connectivity index (χ0) is 19.2. The van der Waals surface area contributed by atoms with Crippen molar-refractivity contribution in [2.45, 2.75) is 0 Å². The van der Waals surface area contributed by atoms with Crippen LogP contribution in [0.15, 0.2) is 60.7 Å². The Kier molecular flexibility index (Phi) is 6.05. The second-order valence-corrected chi connectivity index (χ2v) is 6.48. The summed E-state index contributed by atoms with van der Waals surface area (Å²) in [5.41, 5.74) is 0.308. The van der Waals surface area contributed by atoms with Gasteiger partial charge in [0.25, 0.3) is 5.69 Å². The molecule has 0 heterocycles. The molecular weight excluding hydrogens is 386 g/mol. The van der Waals surface area contributed by atoms with Crippen LogP contribution in [-0.4, -0.2) is 23.2 Å². The average molecular weight is 402 g/mol. The summed E-state index contributed by atoms with van der Waals surface area (Å²) >= 11 is 11.2. The molecule has 0 aromatic heterocycles. The van der Waals surface area contributed by atoms with Crippen LogP contribution in [0.5, 0.6) is 5.75 Å². The number of thiocarbonyl (C=S) groups is 1. The lowest BCUT2D eigenvalue weighted by Gasteiger charge is -2.12. The smallest absolute Gasteiger partial charge is 0.271 e. The standard InChI is InChI=1S/C19H16ClN3O3S/c20-17-8-6-15(23(24)25)12-18(17)22-19(27)21-9-10-26-16-7-5-13-3-1-2-4-14(13)11-16/h1-8,11-12H,9-10H2,(H2,21,22,27). The van der Waals surface area contributed by atoms with Crippen molar-refractivity contribution < 1.29 is 9.66 Å². The number of nitrogens with zero attached hydrogens (tertiary/aromatic N) is 1. The van der Waals surface area contributed by atoms with Gasteiger partial charge in [-0.15, -0.1) is 0 Å². The summed E-state index contributed by atoms with van der Waals surface area (Å²) in [5.74, 6) is 0.774. The monoisotopic (exact) mass is 401 g/mol. The molecule has 0 aliphatic rings. The fraction of sp³-hybridized carbons (Fsp3) is 0.105. The highest BCUT2D eigenvalue weighted by atomic mass is 35.5. The van der Waals surface area contributed by atoms with Crippen molar-refractivity contribution in [3.63, 3.8) is 0 Å². The maximum absolute atomic E-state index is 10.8. The molecule has 0 saturated heterocycles. The van der Waals surface area contributed by atoms with Crippen LogP contribution in [0.1, 0.15) is 0 Å². The van der Waals surface area contributed by atoms with Crippen molar-refractivity contribution in [1.82, 2.24) is 5.32 Å². The number of nitro groups is 1. The van der Waals surface area contributed by atoms with E-state index in [-0.39, 0.29) is 5.69 Å². The van der Waals surface area contributed by atoms with Crippen LogP contribution in [0, 0.1) is 10.1 Å². The Morgan fingerprint density at radius 3 is 2.67 bits per heavy atom. The Labute approximate surface area is 166 Å². The second kappa shape index (κ2) is 8.66. The van der Waals surface area contributed by atoms with Crippen LogP contribution in [0.3, 0.4) is 0 Å². The van der Waals surface area contributed by atoms with Gasteiger partial charge >= 0.3 is 0 Å². The lowest BCUT2D eigenvalue weighted by atomic mass is 10.1. The molecule has 8 heteroatoms. The van der Waals surface area contributed by atoms with Crippen LogP contribution in [0.2, 0.25) is 5.02 Å². The minimum absolute atomic E-state index is 0.0654. The summed E-state index contributed by atoms with van der Waals surface area (Å²) in [7, 11) is 0. The topological polar surface area (TPSA) is 76.4 Å². The number of ether oxygens (including phenoxy) is 1. The van der Waals surface area contributed by atoms with Gasteiger partial charge in [-0.3, -0.25) is 10.1 Å². The van der Waals surface area contributed by atoms with E-state index >= 15 is 0 Å². The minimum Gasteiger partial charge on any atom is -0.492 e. The number of fused-ring (bicyclic) bond motifs is 1. The van der Waals surface area contributed by atoms with Crippen LogP contribution in [0.4, 0.5) is 11.4 Å². The predicted molar refractivity (Wildman–Crippen MR) is 112 cm³/mol. The van der Waals surface area contributed by atoms with E-state index in [4.69, 9.17) is 28.6 Å². The van der Waals surface area contributed by atoms with Crippen molar-refractivity contribution in [3.05, 3.63) is 75.8 Å². The highest BCUT2D eigenvalue weighted by molar-refractivity contribution is 7.80. The van der Waals surface area contributed by atoms with Crippen molar-refractivity contribution in [1.29, 1.82) is 0 Å². The third-order valence-corrected chi connectivity index (χ3v) is 4.36. The summed E-state index contributed by atoms with van der Waals surface area (Å²) in [6.45, 7) is 0.869. The Hall–Kier alpha value is -2.90. The van der Waals surface area contributed by atoms with Crippen LogP contribution < -0.4 is 15.4 Å². The maximum Gasteiger partial charge on any atom is 0.271 e. The van der Waals surface area contributed by atoms with E-state index in [1.54, 1.807) is 0 Å². The first kappa shape index (κ1) is 18.9. The minimum atomic E-state index is -0.491. The number of anilines is 1. The first-order valence-corrected chi connectivity index (χ1v) is 8.92. The van der Waals surface area contributed by atoms with E-state index in [1.165, 1.54) is 18.2 Å². The van der Waals surface area contributed by atoms with Crippen LogP contribution >= 0.6 is 23.8 Å². The Morgan fingerprint density at radius 1 is 1.11 bits per heavy atom. The highest BCUT2D eigenvalue weighted by Gasteiger charge is 2.10. The molecular formula is C19H16ClN3O3S. The van der Waals surface area contributed by atoms with Gasteiger partial charge in [0.05, 0.1) is 22.2 Å². The molecule has 138 valence electrons. The van der Waals surface area contributed by atoms with Gasteiger partial charge in [-0.05, 0) is 41.2 Å². The van der Waals surface area contributed by atoms with E-state index in [2.05, 4.69) is 10.6 Å². The van der Waals surface area contributed by atoms with Gasteiger partial charge < -0.3 is 15.4 Å². The number of halogens is 1. The Balaban J connectivity index is 1.49. The molecule has 0 amide bonds. The van der Waals surface area contributed by atoms with Gasteiger partial charge in [0, 0.05) is 12.1 Å². The number of hydrogen-bond donors (Lipinski definition) is 2. The molecule has 0 radical (unpaired) electrons. The lowest BCUT2D eigenvalue weighted by molar-refractivity contribution is -0.384. The third-order valence-electron chi connectivity index (χ3n) is 3.79. The number of hydrogen-bond acceptors (Lipinski definition) is 4. The maximum atomic E-state index is 10.8. The van der Waals surface area contributed by atoms with Gasteiger partial charge in [-0.25, -0.2) is 0 Å². The van der Waals surface area contributed by atoms with Gasteiger partial charge in [0.15, 0.2) is 5.11 Å². The summed E-state index contributed by atoms with van der Waals surface area (Å²) < 4.78 is 5.72. The van der Waals surface area contributed by atoms with Crippen molar-refractivity contribution in [3.8, 4) is 5.75 Å². The van der Waals surface area contributed by atoms with Gasteiger partial charge in [-0.2, -0.15) is 0 Å². The largest absolute Gasteiger partial charge is 0.492 e. The third kappa shape index (κ3) is 5.06. The van der Waals surface area contributed by atoms with Gasteiger partial charge in [-0.1, -0.05) is 41.9 Å². The molecule has 3 rings (SSSR count). The first-order chi connectivity index (χ1) is 13.0. The second-order valence-electron chi connectivity index (χ2n) is 5.66. The highest BCUT2D eigenvalue weighted by Crippen LogP contribution is 2.26. The average Bonchev–Trinajstić information content (AvgIpc) is 2.66. The zero-order valence-electron chi connectivity index (χ0n) is 14.1. The van der Waals surface area contributed by atoms with E-state index < -0.39 is 4.92 Å². The Morgan fingerprint density at radius 2 is 1.89 bits per heavy atom. The quantitative estimate of drug-likeness (QED) is 0.268. The lowest BCUT2D eigenvalue weighted by Crippen LogP contribution is -2.32. The Bertz CT molecular complexity index is 997. The SMILES string of the molecule is O=[N+]([O-])c1ccc(Cl)c(NC(=S)NCCOc2ccc3ccccc3c2)c1. The van der Waals surface area contributed by atoms with E-state index in [0.29, 0.717) is 29.0 Å². The molecule has 2 N–H and O–H groups in total. The summed E-state index contributed by atoms with van der Waals surface area (Å²) in [6.07, 6.45) is 0. The van der Waals surface area contributed by atoms with Crippen molar-refractivity contribution in [2.75, 3.05) is 18.5 Å². The fourth-order valence-electron chi connectivity index (χ4n) is 2.48. The predicted octanol–water partition coefficient (Wildman–Crippen LogP) is 4.77. The normalized spacial score (nSPS) is 10.4. The van der Waals surface area contributed by atoms with E-state index in [1.807, 2.05) is 42.5 Å². The molecule has 0 aliphatic carbocycles. The van der Waals surface area contributed by atoms with E-state index in [0.717, 1.165) is 16.5 Å². The van der Waals surface area contributed by atoms with E-state index in [9.17, 15) is 10.1 Å². The number of nitrogens with one attached hydrogen (secondary N) is 2. The van der Waals surface area contributed by atoms with Gasteiger partial charge in [0.1, 0.15) is 12.4 Å². The van der Waals surface area contributed by atoms with Crippen molar-refractivity contribution in [2.24, 2.45) is 0 Å². The van der Waals surface area contributed by atoms with Crippen LogP contribution in [0.25, 0.3) is 10.8 Å². The summed E-state index contributed by atoms with van der Waals surface area (Å²) in [6, 6.07) is 18.1. The molecule has 0 fully saturated rings. The molecule has 0 atom stereocenters. The molecule has 0 bridgehead atoms. The fourth-order valence-corrected chi connectivity index (χ4v) is 2.86. The molecule has 6 nitrogen and oxygen atoms in total. The number of nitro benzene ring substituents is 1. The van der Waals surface area contributed by atoms with Gasteiger partial charge in [0.2, 0.25) is 0 Å². The molecule has 3 aromatic rings. The molecule has 0 saturated carbocycles. The summed E-state index contributed by atoms with van der Waals surface area (Å²) in [5, 5.41) is 19.6. The molecule has 0 unspecified atom stereocenters. The van der Waals surface area contributed by atoms with Crippen molar-refractivity contribution >= 4 is 51.1 Å². The molecule has 3 aromatic carbocycles. The van der Waals surface area contributed by atoms with Crippen LogP contribution in [-0.2, 0) is 0 Å². The number of benzene rings is 3. The summed E-state index contributed by atoms with van der Waals surface area (Å²) in [4.78, 5) is 10.4. The number of non-ortho nitro benzene ring substituents is 1. The molecule has 0 aliphatic heterocycles. The zero-order valence-corrected chi connectivity index (χ0v) is 15.7.